The minimum Gasteiger partial charge on any atom is -0.444 e. The molecule has 2 aromatic rings. The van der Waals surface area contributed by atoms with E-state index in [-0.39, 0.29) is 0 Å². The molecule has 0 aliphatic heterocycles. The van der Waals surface area contributed by atoms with Crippen LogP contribution < -0.4 is 5.32 Å². The number of ether oxygens (including phenoxy) is 1. The van der Waals surface area contributed by atoms with Crippen molar-refractivity contribution in [1.29, 1.82) is 0 Å². The maximum absolute atomic E-state index is 12.0. The molecule has 11 heteroatoms. The first-order chi connectivity index (χ1) is 12.1. The van der Waals surface area contributed by atoms with Crippen LogP contribution in [0.15, 0.2) is 9.68 Å². The van der Waals surface area contributed by atoms with Crippen molar-refractivity contribution in [3.63, 3.8) is 0 Å². The van der Waals surface area contributed by atoms with Gasteiger partial charge in [0.15, 0.2) is 5.82 Å². The van der Waals surface area contributed by atoms with Crippen LogP contribution in [0.1, 0.15) is 65.2 Å². The molecule has 0 saturated heterocycles. The SMILES string of the molecule is CC(C)(C)OC(=O)NC(C)(C)c1noc(CSc2nnnn2C2CC2)n1. The van der Waals surface area contributed by atoms with E-state index < -0.39 is 17.2 Å². The van der Waals surface area contributed by atoms with E-state index in [9.17, 15) is 4.79 Å². The first kappa shape index (κ1) is 18.6. The molecule has 1 amide bonds. The molecule has 0 bridgehead atoms. The number of carbonyl (C=O) groups excluding carboxylic acids is 1. The van der Waals surface area contributed by atoms with Gasteiger partial charge >= 0.3 is 6.09 Å². The van der Waals surface area contributed by atoms with Crippen molar-refractivity contribution in [3.8, 4) is 0 Å². The van der Waals surface area contributed by atoms with Crippen LogP contribution in [0.3, 0.4) is 0 Å². The molecule has 142 valence electrons. The molecule has 2 aromatic heterocycles. The van der Waals surface area contributed by atoms with Gasteiger partial charge in [-0.05, 0) is 57.9 Å². The summed E-state index contributed by atoms with van der Waals surface area (Å²) in [6.07, 6.45) is 1.67. The summed E-state index contributed by atoms with van der Waals surface area (Å²) in [5.41, 5.74) is -1.41. The third-order valence-corrected chi connectivity index (χ3v) is 4.44. The summed E-state index contributed by atoms with van der Waals surface area (Å²) < 4.78 is 12.4. The fourth-order valence-electron chi connectivity index (χ4n) is 2.14. The van der Waals surface area contributed by atoms with Crippen molar-refractivity contribution in [3.05, 3.63) is 11.7 Å². The molecule has 0 atom stereocenters. The number of hydrogen-bond donors (Lipinski definition) is 1. The Hall–Kier alpha value is -2.17. The van der Waals surface area contributed by atoms with Gasteiger partial charge in [0.2, 0.25) is 11.0 Å². The highest BCUT2D eigenvalue weighted by atomic mass is 32.2. The van der Waals surface area contributed by atoms with Gasteiger partial charge in [0.1, 0.15) is 11.1 Å². The second kappa shape index (κ2) is 6.86. The zero-order chi connectivity index (χ0) is 18.9. The third-order valence-electron chi connectivity index (χ3n) is 3.52. The van der Waals surface area contributed by atoms with Crippen molar-refractivity contribution in [1.82, 2.24) is 35.7 Å². The number of aromatic nitrogens is 6. The van der Waals surface area contributed by atoms with Crippen molar-refractivity contribution >= 4 is 17.9 Å². The monoisotopic (exact) mass is 381 g/mol. The number of alkyl carbamates (subject to hydrolysis) is 1. The maximum atomic E-state index is 12.0. The largest absolute Gasteiger partial charge is 0.444 e. The highest BCUT2D eigenvalue weighted by Gasteiger charge is 2.31. The van der Waals surface area contributed by atoms with Gasteiger partial charge in [-0.2, -0.15) is 4.98 Å². The number of carbonyl (C=O) groups is 1. The van der Waals surface area contributed by atoms with E-state index in [1.807, 2.05) is 4.68 Å². The summed E-state index contributed by atoms with van der Waals surface area (Å²) in [4.78, 5) is 16.4. The summed E-state index contributed by atoms with van der Waals surface area (Å²) in [7, 11) is 0. The smallest absolute Gasteiger partial charge is 0.408 e. The fraction of sp³-hybridized carbons (Fsp3) is 0.733. The molecule has 0 unspecified atom stereocenters. The highest BCUT2D eigenvalue weighted by Crippen LogP contribution is 2.36. The van der Waals surface area contributed by atoms with Gasteiger partial charge in [-0.15, -0.1) is 5.10 Å². The Balaban J connectivity index is 1.59. The summed E-state index contributed by atoms with van der Waals surface area (Å²) in [5, 5.41) is 19.2. The van der Waals surface area contributed by atoms with Crippen LogP contribution in [0, 0.1) is 0 Å². The van der Waals surface area contributed by atoms with Gasteiger partial charge < -0.3 is 14.6 Å². The van der Waals surface area contributed by atoms with E-state index >= 15 is 0 Å². The maximum Gasteiger partial charge on any atom is 0.408 e. The Labute approximate surface area is 155 Å². The summed E-state index contributed by atoms with van der Waals surface area (Å²) in [6.45, 7) is 8.98. The van der Waals surface area contributed by atoms with Crippen LogP contribution in [-0.2, 0) is 16.0 Å². The van der Waals surface area contributed by atoms with E-state index in [4.69, 9.17) is 9.26 Å². The van der Waals surface area contributed by atoms with Crippen LogP contribution in [0.4, 0.5) is 4.79 Å². The van der Waals surface area contributed by atoms with Crippen molar-refractivity contribution in [2.24, 2.45) is 0 Å². The molecule has 0 radical (unpaired) electrons. The second-order valence-corrected chi connectivity index (χ2v) is 8.63. The first-order valence-electron chi connectivity index (χ1n) is 8.39. The summed E-state index contributed by atoms with van der Waals surface area (Å²) in [5.74, 6) is 1.26. The minimum atomic E-state index is -0.829. The number of amides is 1. The average Bonchev–Trinajstić information content (AvgIpc) is 3.05. The standard InChI is InChI=1S/C15H23N7O3S/c1-14(2,3)24-13(23)17-15(4,5)11-16-10(25-19-11)8-26-12-18-20-21-22(12)9-6-7-9/h9H,6-8H2,1-5H3,(H,17,23). The van der Waals surface area contributed by atoms with Gasteiger partial charge in [0.05, 0.1) is 11.8 Å². The number of nitrogens with zero attached hydrogens (tertiary/aromatic N) is 6. The number of tetrazole rings is 1. The van der Waals surface area contributed by atoms with Crippen LogP contribution >= 0.6 is 11.8 Å². The Morgan fingerprint density at radius 3 is 2.73 bits per heavy atom. The molecular weight excluding hydrogens is 358 g/mol. The zero-order valence-electron chi connectivity index (χ0n) is 15.5. The lowest BCUT2D eigenvalue weighted by Crippen LogP contribution is -2.44. The normalized spacial score (nSPS) is 15.1. The Kier molecular flexibility index (Phi) is 4.91. The van der Waals surface area contributed by atoms with E-state index in [1.165, 1.54) is 11.8 Å². The number of nitrogens with one attached hydrogen (secondary N) is 1. The van der Waals surface area contributed by atoms with Crippen molar-refractivity contribution in [2.75, 3.05) is 0 Å². The van der Waals surface area contributed by atoms with Gasteiger partial charge in [-0.1, -0.05) is 16.9 Å². The lowest BCUT2D eigenvalue weighted by atomic mass is 10.1. The fourth-order valence-corrected chi connectivity index (χ4v) is 2.92. The zero-order valence-corrected chi connectivity index (χ0v) is 16.3. The Bertz CT molecular complexity index is 776. The van der Waals surface area contributed by atoms with Crippen LogP contribution in [0.25, 0.3) is 0 Å². The van der Waals surface area contributed by atoms with Gasteiger partial charge in [-0.3, -0.25) is 0 Å². The molecule has 1 saturated carbocycles. The summed E-state index contributed by atoms with van der Waals surface area (Å²) >= 11 is 1.44. The van der Waals surface area contributed by atoms with Crippen LogP contribution in [0.2, 0.25) is 0 Å². The topological polar surface area (TPSA) is 121 Å². The average molecular weight is 381 g/mol. The Morgan fingerprint density at radius 2 is 2.08 bits per heavy atom. The van der Waals surface area contributed by atoms with Gasteiger partial charge in [0, 0.05) is 0 Å². The highest BCUT2D eigenvalue weighted by molar-refractivity contribution is 7.98. The molecule has 1 fully saturated rings. The van der Waals surface area contributed by atoms with E-state index in [2.05, 4.69) is 31.0 Å². The first-order valence-corrected chi connectivity index (χ1v) is 9.37. The van der Waals surface area contributed by atoms with Crippen LogP contribution in [-0.4, -0.2) is 42.0 Å². The molecule has 1 aliphatic carbocycles. The van der Waals surface area contributed by atoms with E-state index in [0.717, 1.165) is 18.0 Å². The minimum absolute atomic E-state index is 0.376. The third kappa shape index (κ3) is 4.71. The molecule has 1 aliphatic rings. The van der Waals surface area contributed by atoms with Gasteiger partial charge in [-0.25, -0.2) is 9.48 Å². The molecule has 1 N–H and O–H groups in total. The van der Waals surface area contributed by atoms with Crippen LogP contribution in [0.5, 0.6) is 0 Å². The lowest BCUT2D eigenvalue weighted by molar-refractivity contribution is 0.0465. The summed E-state index contributed by atoms with van der Waals surface area (Å²) in [6, 6.07) is 0.405. The molecule has 2 heterocycles. The second-order valence-electron chi connectivity index (χ2n) is 7.69. The van der Waals surface area contributed by atoms with Gasteiger partial charge in [0.25, 0.3) is 0 Å². The lowest BCUT2D eigenvalue weighted by Gasteiger charge is -2.26. The van der Waals surface area contributed by atoms with Crippen molar-refractivity contribution in [2.45, 2.75) is 75.6 Å². The molecule has 10 nitrogen and oxygen atoms in total. The molecule has 0 spiro atoms. The predicted octanol–water partition coefficient (Wildman–Crippen LogP) is 2.44. The Morgan fingerprint density at radius 1 is 1.35 bits per heavy atom. The molecular formula is C15H23N7O3S. The number of rotatable bonds is 6. The van der Waals surface area contributed by atoms with E-state index in [0.29, 0.717) is 23.5 Å². The molecule has 0 aromatic carbocycles. The number of hydrogen-bond acceptors (Lipinski definition) is 9. The quantitative estimate of drug-likeness (QED) is 0.752. The molecule has 26 heavy (non-hydrogen) atoms. The van der Waals surface area contributed by atoms with E-state index in [1.54, 1.807) is 34.6 Å². The number of thioether (sulfide) groups is 1. The predicted molar refractivity (Wildman–Crippen MR) is 92.3 cm³/mol. The molecule has 3 rings (SSSR count). The van der Waals surface area contributed by atoms with Crippen molar-refractivity contribution < 1.29 is 14.1 Å².